The van der Waals surface area contributed by atoms with Crippen molar-refractivity contribution in [1.29, 1.82) is 0 Å². The van der Waals surface area contributed by atoms with Gasteiger partial charge in [0, 0.05) is 21.1 Å². The van der Waals surface area contributed by atoms with Gasteiger partial charge in [0.25, 0.3) is 0 Å². The van der Waals surface area contributed by atoms with Crippen LogP contribution in [0.2, 0.25) is 0 Å². The fraction of sp³-hybridized carbons (Fsp3) is 0. The highest BCUT2D eigenvalue weighted by molar-refractivity contribution is 9.10. The molecule has 0 unspecified atom stereocenters. The predicted molar refractivity (Wildman–Crippen MR) is 79.2 cm³/mol. The first-order valence-electron chi connectivity index (χ1n) is 5.76. The zero-order valence-corrected chi connectivity index (χ0v) is 11.5. The van der Waals surface area contributed by atoms with Crippen molar-refractivity contribution >= 4 is 32.5 Å². The summed E-state index contributed by atoms with van der Waals surface area (Å²) in [5, 5.41) is 0.611. The summed E-state index contributed by atoms with van der Waals surface area (Å²) in [7, 11) is 0. The molecule has 3 aromatic rings. The molecule has 2 nitrogen and oxygen atoms in total. The van der Waals surface area contributed by atoms with E-state index in [-0.39, 0.29) is 11.3 Å². The van der Waals surface area contributed by atoms with E-state index in [2.05, 4.69) is 20.9 Å². The summed E-state index contributed by atoms with van der Waals surface area (Å²) in [6.45, 7) is 0. The number of hydrogen-bond donors (Lipinski definition) is 1. The van der Waals surface area contributed by atoms with Gasteiger partial charge in [0.05, 0.1) is 5.69 Å². The lowest BCUT2D eigenvalue weighted by molar-refractivity contribution is 0.637. The van der Waals surface area contributed by atoms with E-state index in [1.165, 1.54) is 6.07 Å². The molecule has 0 aliphatic heterocycles. The first-order valence-corrected chi connectivity index (χ1v) is 6.56. The van der Waals surface area contributed by atoms with Crippen LogP contribution in [0.25, 0.3) is 22.2 Å². The summed E-state index contributed by atoms with van der Waals surface area (Å²) in [6.07, 6.45) is 0. The number of halogens is 2. The van der Waals surface area contributed by atoms with Crippen LogP contribution in [0.3, 0.4) is 0 Å². The highest BCUT2D eigenvalue weighted by Gasteiger charge is 2.11. The molecule has 2 N–H and O–H groups in total. The second-order valence-electron chi connectivity index (χ2n) is 4.22. The van der Waals surface area contributed by atoms with E-state index >= 15 is 0 Å². The Morgan fingerprint density at radius 1 is 1.05 bits per heavy atom. The molecule has 19 heavy (non-hydrogen) atoms. The van der Waals surface area contributed by atoms with Gasteiger partial charge in [-0.1, -0.05) is 46.3 Å². The van der Waals surface area contributed by atoms with Crippen LogP contribution in [-0.2, 0) is 0 Å². The summed E-state index contributed by atoms with van der Waals surface area (Å²) in [5.74, 6) is -0.373. The van der Waals surface area contributed by atoms with Crippen molar-refractivity contribution in [3.05, 3.63) is 58.8 Å². The van der Waals surface area contributed by atoms with E-state index in [0.29, 0.717) is 16.8 Å². The fourth-order valence-corrected chi connectivity index (χ4v) is 2.60. The van der Waals surface area contributed by atoms with Crippen LogP contribution in [-0.4, -0.2) is 4.98 Å². The lowest BCUT2D eigenvalue weighted by Crippen LogP contribution is -1.95. The van der Waals surface area contributed by atoms with Gasteiger partial charge in [0.1, 0.15) is 11.3 Å². The van der Waals surface area contributed by atoms with Gasteiger partial charge in [-0.25, -0.2) is 9.37 Å². The topological polar surface area (TPSA) is 38.9 Å². The molecule has 0 aliphatic rings. The van der Waals surface area contributed by atoms with E-state index in [4.69, 9.17) is 5.73 Å². The molecule has 0 radical (unpaired) electrons. The zero-order chi connectivity index (χ0) is 13.4. The molecule has 1 aromatic heterocycles. The lowest BCUT2D eigenvalue weighted by Gasteiger charge is -2.08. The van der Waals surface area contributed by atoms with Gasteiger partial charge in [-0.2, -0.15) is 0 Å². The number of aromatic nitrogens is 1. The number of nitrogens with zero attached hydrogens (tertiary/aromatic N) is 1. The van der Waals surface area contributed by atoms with E-state index in [9.17, 15) is 4.39 Å². The van der Waals surface area contributed by atoms with Gasteiger partial charge in [-0.3, -0.25) is 0 Å². The van der Waals surface area contributed by atoms with Crippen molar-refractivity contribution in [3.8, 4) is 11.3 Å². The van der Waals surface area contributed by atoms with Crippen molar-refractivity contribution < 1.29 is 4.39 Å². The molecule has 3 rings (SSSR count). The maximum atomic E-state index is 13.9. The molecule has 0 saturated heterocycles. The number of nitrogen functional groups attached to an aromatic ring is 1. The zero-order valence-electron chi connectivity index (χ0n) is 9.90. The van der Waals surface area contributed by atoms with Crippen LogP contribution in [0, 0.1) is 5.82 Å². The molecule has 0 atom stereocenters. The van der Waals surface area contributed by atoms with Gasteiger partial charge in [0.15, 0.2) is 0 Å². The third-order valence-electron chi connectivity index (χ3n) is 2.96. The number of benzene rings is 2. The van der Waals surface area contributed by atoms with Crippen molar-refractivity contribution in [3.63, 3.8) is 0 Å². The number of fused-ring (bicyclic) bond motifs is 1. The van der Waals surface area contributed by atoms with Crippen LogP contribution in [0.5, 0.6) is 0 Å². The summed E-state index contributed by atoms with van der Waals surface area (Å²) < 4.78 is 14.6. The lowest BCUT2D eigenvalue weighted by atomic mass is 10.1. The van der Waals surface area contributed by atoms with Crippen molar-refractivity contribution in [2.45, 2.75) is 0 Å². The van der Waals surface area contributed by atoms with Crippen LogP contribution in [0.15, 0.2) is 53.0 Å². The van der Waals surface area contributed by atoms with E-state index in [1.807, 2.05) is 30.3 Å². The normalized spacial score (nSPS) is 10.8. The molecular weight excluding hydrogens is 307 g/mol. The van der Waals surface area contributed by atoms with Crippen LogP contribution in [0.4, 0.5) is 10.1 Å². The summed E-state index contributed by atoms with van der Waals surface area (Å²) in [5.41, 5.74) is 8.40. The maximum absolute atomic E-state index is 13.9. The monoisotopic (exact) mass is 316 g/mol. The summed E-state index contributed by atoms with van der Waals surface area (Å²) >= 11 is 3.38. The molecule has 4 heteroatoms. The van der Waals surface area contributed by atoms with Crippen molar-refractivity contribution in [2.24, 2.45) is 0 Å². The largest absolute Gasteiger partial charge is 0.398 e. The molecule has 2 aromatic carbocycles. The van der Waals surface area contributed by atoms with Crippen LogP contribution < -0.4 is 5.73 Å². The first kappa shape index (κ1) is 12.1. The van der Waals surface area contributed by atoms with Gasteiger partial charge in [-0.15, -0.1) is 0 Å². The molecule has 0 amide bonds. The minimum absolute atomic E-state index is 0.285. The molecule has 0 bridgehead atoms. The van der Waals surface area contributed by atoms with Crippen LogP contribution >= 0.6 is 15.9 Å². The van der Waals surface area contributed by atoms with Crippen LogP contribution in [0.1, 0.15) is 0 Å². The Kier molecular flexibility index (Phi) is 2.95. The number of nitrogens with two attached hydrogens (primary N) is 1. The quantitative estimate of drug-likeness (QED) is 0.723. The Labute approximate surface area is 118 Å². The van der Waals surface area contributed by atoms with Gasteiger partial charge in [-0.05, 0) is 18.2 Å². The number of hydrogen-bond acceptors (Lipinski definition) is 2. The third-order valence-corrected chi connectivity index (χ3v) is 3.62. The Hall–Kier alpha value is -1.94. The highest BCUT2D eigenvalue weighted by atomic mass is 79.9. The molecule has 0 aliphatic carbocycles. The number of rotatable bonds is 1. The Bertz CT molecular complexity index is 757. The van der Waals surface area contributed by atoms with E-state index in [0.717, 1.165) is 10.0 Å². The predicted octanol–water partition coefficient (Wildman–Crippen LogP) is 4.39. The van der Waals surface area contributed by atoms with Crippen molar-refractivity contribution in [2.75, 3.05) is 5.73 Å². The Morgan fingerprint density at radius 3 is 2.53 bits per heavy atom. The van der Waals surface area contributed by atoms with Gasteiger partial charge in [0.2, 0.25) is 0 Å². The SMILES string of the molecule is Nc1cc(-c2ccccc2)nc2c(F)ccc(Br)c12. The summed E-state index contributed by atoms with van der Waals surface area (Å²) in [4.78, 5) is 4.38. The first-order chi connectivity index (χ1) is 9.16. The third kappa shape index (κ3) is 2.08. The average Bonchev–Trinajstić information content (AvgIpc) is 2.43. The van der Waals surface area contributed by atoms with E-state index in [1.54, 1.807) is 12.1 Å². The van der Waals surface area contributed by atoms with Crippen molar-refractivity contribution in [1.82, 2.24) is 4.98 Å². The van der Waals surface area contributed by atoms with E-state index < -0.39 is 0 Å². The molecule has 94 valence electrons. The smallest absolute Gasteiger partial charge is 0.149 e. The average molecular weight is 317 g/mol. The molecule has 0 saturated carbocycles. The molecule has 0 spiro atoms. The Balaban J connectivity index is 2.34. The molecule has 0 fully saturated rings. The maximum Gasteiger partial charge on any atom is 0.149 e. The fourth-order valence-electron chi connectivity index (χ4n) is 2.05. The second-order valence-corrected chi connectivity index (χ2v) is 5.07. The minimum atomic E-state index is -0.373. The highest BCUT2D eigenvalue weighted by Crippen LogP contribution is 2.32. The van der Waals surface area contributed by atoms with Gasteiger partial charge >= 0.3 is 0 Å². The number of pyridine rings is 1. The summed E-state index contributed by atoms with van der Waals surface area (Å²) in [6, 6.07) is 14.4. The second kappa shape index (κ2) is 4.63. The standard InChI is InChI=1S/C15H10BrFN2/c16-10-6-7-11(17)15-14(10)12(18)8-13(19-15)9-4-2-1-3-5-9/h1-8H,(H2,18,19). The minimum Gasteiger partial charge on any atom is -0.398 e. The van der Waals surface area contributed by atoms with Gasteiger partial charge < -0.3 is 5.73 Å². The Morgan fingerprint density at radius 2 is 1.79 bits per heavy atom. The molecule has 1 heterocycles. The number of anilines is 1. The molecular formula is C15H10BrFN2.